The van der Waals surface area contributed by atoms with Crippen molar-refractivity contribution in [1.29, 1.82) is 0 Å². The van der Waals surface area contributed by atoms with Crippen LogP contribution in [0.1, 0.15) is 24.9 Å². The molecule has 1 heterocycles. The molecule has 1 aliphatic rings. The van der Waals surface area contributed by atoms with Gasteiger partial charge >= 0.3 is 0 Å². The van der Waals surface area contributed by atoms with E-state index in [9.17, 15) is 4.79 Å². The summed E-state index contributed by atoms with van der Waals surface area (Å²) in [6.07, 6.45) is 0.700. The lowest BCUT2D eigenvalue weighted by molar-refractivity contribution is -0.123. The maximum absolute atomic E-state index is 12.0. The first-order valence-electron chi connectivity index (χ1n) is 6.13. The first-order chi connectivity index (χ1) is 9.13. The Kier molecular flexibility index (Phi) is 3.89. The minimum absolute atomic E-state index is 0.0992. The molecule has 0 bridgehead atoms. The van der Waals surface area contributed by atoms with Crippen LogP contribution in [0, 0.1) is 5.92 Å². The average Bonchev–Trinajstić information content (AvgIpc) is 2.46. The van der Waals surface area contributed by atoms with E-state index in [1.54, 1.807) is 6.92 Å². The summed E-state index contributed by atoms with van der Waals surface area (Å²) in [6, 6.07) is 7.49. The molecule has 0 radical (unpaired) electrons. The van der Waals surface area contributed by atoms with Gasteiger partial charge in [-0.25, -0.2) is 0 Å². The van der Waals surface area contributed by atoms with Gasteiger partial charge in [-0.2, -0.15) is 0 Å². The van der Waals surface area contributed by atoms with Crippen molar-refractivity contribution in [3.05, 3.63) is 29.8 Å². The number of amides is 1. The zero-order valence-corrected chi connectivity index (χ0v) is 10.7. The molecule has 0 fully saturated rings. The van der Waals surface area contributed by atoms with Crippen LogP contribution in [0.15, 0.2) is 29.4 Å². The minimum Gasteiger partial charge on any atom is -0.493 e. The summed E-state index contributed by atoms with van der Waals surface area (Å²) in [7, 11) is 0. The molecule has 4 N–H and O–H groups in total. The molecular formula is C13H17N3O3. The van der Waals surface area contributed by atoms with Gasteiger partial charge < -0.3 is 21.0 Å². The molecule has 19 heavy (non-hydrogen) atoms. The Morgan fingerprint density at radius 2 is 2.32 bits per heavy atom. The predicted octanol–water partition coefficient (Wildman–Crippen LogP) is 1.01. The molecule has 6 nitrogen and oxygen atoms in total. The fraction of sp³-hybridized carbons (Fsp3) is 0.385. The van der Waals surface area contributed by atoms with Crippen LogP contribution in [0.4, 0.5) is 0 Å². The van der Waals surface area contributed by atoms with Gasteiger partial charge in [0.25, 0.3) is 0 Å². The number of hydrogen-bond donors (Lipinski definition) is 3. The number of carbonyl (C=O) groups is 1. The third-order valence-corrected chi connectivity index (χ3v) is 3.23. The van der Waals surface area contributed by atoms with Gasteiger partial charge in [0.1, 0.15) is 5.75 Å². The minimum atomic E-state index is -0.667. The van der Waals surface area contributed by atoms with Crippen molar-refractivity contribution in [2.24, 2.45) is 16.8 Å². The number of nitrogens with one attached hydrogen (secondary N) is 1. The number of amidine groups is 1. The van der Waals surface area contributed by atoms with Crippen molar-refractivity contribution >= 4 is 11.7 Å². The standard InChI is InChI=1S/C13H17N3O3/c1-8(12(14)16-18)13(17)15-10-6-7-19-11-5-3-2-4-9(10)11/h2-5,8,10,18H,6-7H2,1H3,(H2,14,16)(H,15,17). The number of nitrogens with zero attached hydrogens (tertiary/aromatic N) is 1. The van der Waals surface area contributed by atoms with Crippen LogP contribution in [-0.2, 0) is 4.79 Å². The highest BCUT2D eigenvalue weighted by Gasteiger charge is 2.25. The normalized spacial score (nSPS) is 20.1. The summed E-state index contributed by atoms with van der Waals surface area (Å²) in [4.78, 5) is 12.0. The first kappa shape index (κ1) is 13.2. The van der Waals surface area contributed by atoms with Gasteiger partial charge in [-0.15, -0.1) is 0 Å². The zero-order chi connectivity index (χ0) is 13.8. The summed E-state index contributed by atoms with van der Waals surface area (Å²) in [6.45, 7) is 2.15. The molecule has 1 aliphatic heterocycles. The van der Waals surface area contributed by atoms with Gasteiger partial charge in [0.05, 0.1) is 18.6 Å². The van der Waals surface area contributed by atoms with Crippen molar-refractivity contribution in [2.75, 3.05) is 6.61 Å². The first-order valence-corrected chi connectivity index (χ1v) is 6.13. The molecule has 2 rings (SSSR count). The number of benzene rings is 1. The fourth-order valence-electron chi connectivity index (χ4n) is 2.01. The summed E-state index contributed by atoms with van der Waals surface area (Å²) in [5, 5.41) is 14.3. The smallest absolute Gasteiger partial charge is 0.231 e. The van der Waals surface area contributed by atoms with Crippen molar-refractivity contribution in [2.45, 2.75) is 19.4 Å². The van der Waals surface area contributed by atoms with E-state index in [0.717, 1.165) is 11.3 Å². The van der Waals surface area contributed by atoms with Gasteiger partial charge in [-0.1, -0.05) is 23.4 Å². The van der Waals surface area contributed by atoms with Gasteiger partial charge in [0.2, 0.25) is 5.91 Å². The van der Waals surface area contributed by atoms with Crippen molar-refractivity contribution in [1.82, 2.24) is 5.32 Å². The number of ether oxygens (including phenoxy) is 1. The Hall–Kier alpha value is -2.24. The second kappa shape index (κ2) is 5.60. The Morgan fingerprint density at radius 1 is 1.58 bits per heavy atom. The van der Waals surface area contributed by atoms with Crippen LogP contribution < -0.4 is 15.8 Å². The Morgan fingerprint density at radius 3 is 3.05 bits per heavy atom. The summed E-state index contributed by atoms with van der Waals surface area (Å²) >= 11 is 0. The van der Waals surface area contributed by atoms with Crippen LogP contribution >= 0.6 is 0 Å². The van der Waals surface area contributed by atoms with E-state index >= 15 is 0 Å². The van der Waals surface area contributed by atoms with Crippen LogP contribution in [0.3, 0.4) is 0 Å². The predicted molar refractivity (Wildman–Crippen MR) is 70.0 cm³/mol. The van der Waals surface area contributed by atoms with E-state index in [2.05, 4.69) is 10.5 Å². The van der Waals surface area contributed by atoms with Crippen LogP contribution in [0.2, 0.25) is 0 Å². The van der Waals surface area contributed by atoms with E-state index in [1.165, 1.54) is 0 Å². The highest BCUT2D eigenvalue weighted by Crippen LogP contribution is 2.31. The third kappa shape index (κ3) is 2.78. The van der Waals surface area contributed by atoms with Crippen molar-refractivity contribution in [3.8, 4) is 5.75 Å². The van der Waals surface area contributed by atoms with Gasteiger partial charge in [0.15, 0.2) is 5.84 Å². The second-order valence-electron chi connectivity index (χ2n) is 4.48. The van der Waals surface area contributed by atoms with E-state index in [1.807, 2.05) is 24.3 Å². The van der Waals surface area contributed by atoms with Gasteiger partial charge in [-0.3, -0.25) is 4.79 Å². The van der Waals surface area contributed by atoms with Gasteiger partial charge in [0, 0.05) is 12.0 Å². The Labute approximate surface area is 111 Å². The molecule has 1 amide bonds. The number of rotatable bonds is 3. The molecule has 0 aliphatic carbocycles. The Bertz CT molecular complexity index is 502. The molecule has 1 aromatic rings. The molecular weight excluding hydrogens is 246 g/mol. The van der Waals surface area contributed by atoms with E-state index in [-0.39, 0.29) is 17.8 Å². The SMILES string of the molecule is CC(C(=O)NC1CCOc2ccccc21)C(N)=NO. The number of hydrogen-bond acceptors (Lipinski definition) is 4. The molecule has 2 atom stereocenters. The summed E-state index contributed by atoms with van der Waals surface area (Å²) in [5.41, 5.74) is 6.38. The van der Waals surface area contributed by atoms with Crippen LogP contribution in [-0.4, -0.2) is 23.6 Å². The molecule has 0 saturated heterocycles. The molecule has 1 aromatic carbocycles. The largest absolute Gasteiger partial charge is 0.493 e. The van der Waals surface area contributed by atoms with Crippen LogP contribution in [0.25, 0.3) is 0 Å². The topological polar surface area (TPSA) is 96.9 Å². The quantitative estimate of drug-likeness (QED) is 0.328. The molecule has 6 heteroatoms. The molecule has 102 valence electrons. The summed E-state index contributed by atoms with van der Waals surface area (Å²) < 4.78 is 5.52. The fourth-order valence-corrected chi connectivity index (χ4v) is 2.01. The highest BCUT2D eigenvalue weighted by atomic mass is 16.5. The molecule has 2 unspecified atom stereocenters. The lowest BCUT2D eigenvalue weighted by Gasteiger charge is -2.27. The molecule has 0 spiro atoms. The van der Waals surface area contributed by atoms with Gasteiger partial charge in [-0.05, 0) is 13.0 Å². The molecule has 0 saturated carbocycles. The van der Waals surface area contributed by atoms with E-state index in [0.29, 0.717) is 13.0 Å². The average molecular weight is 263 g/mol. The van der Waals surface area contributed by atoms with E-state index < -0.39 is 5.92 Å². The lowest BCUT2D eigenvalue weighted by Crippen LogP contribution is -2.40. The van der Waals surface area contributed by atoms with Crippen molar-refractivity contribution in [3.63, 3.8) is 0 Å². The third-order valence-electron chi connectivity index (χ3n) is 3.23. The lowest BCUT2D eigenvalue weighted by atomic mass is 9.99. The maximum atomic E-state index is 12.0. The number of nitrogens with two attached hydrogens (primary N) is 1. The van der Waals surface area contributed by atoms with E-state index in [4.69, 9.17) is 15.7 Å². The summed E-state index contributed by atoms with van der Waals surface area (Å²) in [5.74, 6) is -0.245. The molecule has 0 aromatic heterocycles. The Balaban J connectivity index is 2.11. The monoisotopic (exact) mass is 263 g/mol. The highest BCUT2D eigenvalue weighted by molar-refractivity contribution is 6.01. The maximum Gasteiger partial charge on any atom is 0.231 e. The number of para-hydroxylation sites is 1. The van der Waals surface area contributed by atoms with Crippen molar-refractivity contribution < 1.29 is 14.7 Å². The number of carbonyl (C=O) groups excluding carboxylic acids is 1. The second-order valence-corrected chi connectivity index (χ2v) is 4.48. The zero-order valence-electron chi connectivity index (χ0n) is 10.7. The number of fused-ring (bicyclic) bond motifs is 1. The number of oxime groups is 1. The van der Waals surface area contributed by atoms with Crippen LogP contribution in [0.5, 0.6) is 5.75 Å².